The van der Waals surface area contributed by atoms with Gasteiger partial charge in [0.05, 0.1) is 7.11 Å². The van der Waals surface area contributed by atoms with Gasteiger partial charge in [0, 0.05) is 23.0 Å². The molecule has 1 aliphatic rings. The van der Waals surface area contributed by atoms with Gasteiger partial charge in [0.2, 0.25) is 0 Å². The van der Waals surface area contributed by atoms with E-state index in [0.717, 1.165) is 35.8 Å². The monoisotopic (exact) mass is 247 g/mol. The van der Waals surface area contributed by atoms with Crippen LogP contribution in [0.25, 0.3) is 0 Å². The van der Waals surface area contributed by atoms with E-state index >= 15 is 0 Å². The maximum Gasteiger partial charge on any atom is 0.123 e. The van der Waals surface area contributed by atoms with E-state index in [2.05, 4.69) is 5.32 Å². The summed E-state index contributed by atoms with van der Waals surface area (Å²) in [5.74, 6) is 1.41. The summed E-state index contributed by atoms with van der Waals surface area (Å²) in [5, 5.41) is 4.15. The molecule has 0 aromatic heterocycles. The molecule has 4 heteroatoms. The lowest BCUT2D eigenvalue weighted by Crippen LogP contribution is -2.09. The van der Waals surface area contributed by atoms with Gasteiger partial charge in [0.15, 0.2) is 0 Å². The minimum Gasteiger partial charge on any atom is -0.496 e. The predicted molar refractivity (Wildman–Crippen MR) is 65.5 cm³/mol. The third-order valence-corrected chi connectivity index (χ3v) is 3.03. The average Bonchev–Trinajstić information content (AvgIpc) is 2.70. The summed E-state index contributed by atoms with van der Waals surface area (Å²) < 4.78 is 5.33. The van der Waals surface area contributed by atoms with Gasteiger partial charge in [-0.2, -0.15) is 0 Å². The summed E-state index contributed by atoms with van der Waals surface area (Å²) in [6.45, 7) is 2.07. The molecule has 1 N–H and O–H groups in total. The summed E-state index contributed by atoms with van der Waals surface area (Å²) in [6, 6.07) is 5.82. The Bertz CT molecular complexity index is 324. The van der Waals surface area contributed by atoms with E-state index in [4.69, 9.17) is 16.3 Å². The predicted octanol–water partition coefficient (Wildman–Crippen LogP) is 2.85. The molecule has 1 aliphatic heterocycles. The lowest BCUT2D eigenvalue weighted by molar-refractivity contribution is 0.406. The molecule has 0 spiro atoms. The van der Waals surface area contributed by atoms with E-state index in [1.54, 1.807) is 7.11 Å². The van der Waals surface area contributed by atoms with Crippen LogP contribution in [-0.4, -0.2) is 20.2 Å². The molecular weight excluding hydrogens is 233 g/mol. The average molecular weight is 248 g/mol. The quantitative estimate of drug-likeness (QED) is 0.868. The largest absolute Gasteiger partial charge is 0.496 e. The lowest BCUT2D eigenvalue weighted by Gasteiger charge is -2.15. The zero-order valence-corrected chi connectivity index (χ0v) is 10.2. The number of hydrogen-bond acceptors (Lipinski definition) is 2. The first-order chi connectivity index (χ1) is 6.83. The van der Waals surface area contributed by atoms with Gasteiger partial charge in [0.1, 0.15) is 5.75 Å². The second-order valence-corrected chi connectivity index (χ2v) is 3.95. The van der Waals surface area contributed by atoms with Crippen molar-refractivity contribution in [3.63, 3.8) is 0 Å². The summed E-state index contributed by atoms with van der Waals surface area (Å²) in [5.41, 5.74) is 1.15. The molecule has 2 nitrogen and oxygen atoms in total. The van der Waals surface area contributed by atoms with Crippen LogP contribution in [0, 0.1) is 0 Å². The fourth-order valence-electron chi connectivity index (χ4n) is 1.99. The zero-order valence-electron chi connectivity index (χ0n) is 8.63. The standard InChI is InChI=1S/C11H14ClNO.ClH/c1-14-10-4-2-3-9(12)11(10)8-5-6-13-7-8;/h2-4,8,13H,5-7H2,1H3;1H. The van der Waals surface area contributed by atoms with Crippen molar-refractivity contribution in [1.29, 1.82) is 0 Å². The van der Waals surface area contributed by atoms with E-state index in [1.807, 2.05) is 18.2 Å². The molecule has 84 valence electrons. The Hall–Kier alpha value is -0.440. The SMILES string of the molecule is COc1cccc(Cl)c1C1CCNC1.Cl. The van der Waals surface area contributed by atoms with Crippen LogP contribution < -0.4 is 10.1 Å². The maximum atomic E-state index is 6.18. The molecule has 1 heterocycles. The van der Waals surface area contributed by atoms with E-state index in [0.29, 0.717) is 5.92 Å². The van der Waals surface area contributed by atoms with Crippen molar-refractivity contribution in [3.05, 3.63) is 28.8 Å². The highest BCUT2D eigenvalue weighted by Gasteiger charge is 2.22. The molecule has 2 rings (SSSR count). The van der Waals surface area contributed by atoms with E-state index in [9.17, 15) is 0 Å². The molecule has 1 aromatic carbocycles. The van der Waals surface area contributed by atoms with Gasteiger partial charge >= 0.3 is 0 Å². The molecule has 1 fully saturated rings. The van der Waals surface area contributed by atoms with Crippen molar-refractivity contribution >= 4 is 24.0 Å². The minimum absolute atomic E-state index is 0. The van der Waals surface area contributed by atoms with Gasteiger partial charge in [-0.1, -0.05) is 17.7 Å². The van der Waals surface area contributed by atoms with E-state index < -0.39 is 0 Å². The van der Waals surface area contributed by atoms with Gasteiger partial charge in [-0.25, -0.2) is 0 Å². The fraction of sp³-hybridized carbons (Fsp3) is 0.455. The molecule has 15 heavy (non-hydrogen) atoms. The summed E-state index contributed by atoms with van der Waals surface area (Å²) in [6.07, 6.45) is 1.14. The second-order valence-electron chi connectivity index (χ2n) is 3.55. The Morgan fingerprint density at radius 1 is 1.47 bits per heavy atom. The molecule has 0 amide bonds. The van der Waals surface area contributed by atoms with E-state index in [-0.39, 0.29) is 12.4 Å². The highest BCUT2D eigenvalue weighted by Crippen LogP contribution is 2.35. The van der Waals surface area contributed by atoms with Crippen LogP contribution in [-0.2, 0) is 0 Å². The second kappa shape index (κ2) is 5.59. The van der Waals surface area contributed by atoms with Crippen molar-refractivity contribution in [2.45, 2.75) is 12.3 Å². The van der Waals surface area contributed by atoms with Crippen molar-refractivity contribution in [2.24, 2.45) is 0 Å². The fourth-order valence-corrected chi connectivity index (χ4v) is 2.31. The number of ether oxygens (including phenoxy) is 1. The summed E-state index contributed by atoms with van der Waals surface area (Å²) in [7, 11) is 1.69. The van der Waals surface area contributed by atoms with Gasteiger partial charge < -0.3 is 10.1 Å². The van der Waals surface area contributed by atoms with Crippen molar-refractivity contribution in [2.75, 3.05) is 20.2 Å². The Morgan fingerprint density at radius 2 is 2.27 bits per heavy atom. The van der Waals surface area contributed by atoms with Crippen LogP contribution in [0.3, 0.4) is 0 Å². The first kappa shape index (κ1) is 12.6. The van der Waals surface area contributed by atoms with E-state index in [1.165, 1.54) is 0 Å². The van der Waals surface area contributed by atoms with Crippen LogP contribution >= 0.6 is 24.0 Å². The molecule has 0 bridgehead atoms. The lowest BCUT2D eigenvalue weighted by atomic mass is 9.97. The molecule has 1 saturated heterocycles. The van der Waals surface area contributed by atoms with Crippen LogP contribution in [0.5, 0.6) is 5.75 Å². The van der Waals surface area contributed by atoms with Crippen molar-refractivity contribution < 1.29 is 4.74 Å². The van der Waals surface area contributed by atoms with Gasteiger partial charge in [-0.05, 0) is 25.1 Å². The number of hydrogen-bond donors (Lipinski definition) is 1. The third-order valence-electron chi connectivity index (χ3n) is 2.70. The first-order valence-corrected chi connectivity index (χ1v) is 5.24. The Balaban J connectivity index is 0.00000112. The van der Waals surface area contributed by atoms with Crippen molar-refractivity contribution in [1.82, 2.24) is 5.32 Å². The third kappa shape index (κ3) is 2.57. The molecule has 0 saturated carbocycles. The highest BCUT2D eigenvalue weighted by atomic mass is 35.5. The smallest absolute Gasteiger partial charge is 0.123 e. The minimum atomic E-state index is 0. The van der Waals surface area contributed by atoms with Crippen LogP contribution in [0.1, 0.15) is 17.9 Å². The number of nitrogens with one attached hydrogen (secondary N) is 1. The number of benzene rings is 1. The number of rotatable bonds is 2. The highest BCUT2D eigenvalue weighted by molar-refractivity contribution is 6.31. The maximum absolute atomic E-state index is 6.18. The van der Waals surface area contributed by atoms with Crippen LogP contribution in [0.4, 0.5) is 0 Å². The molecule has 1 unspecified atom stereocenters. The molecule has 0 aliphatic carbocycles. The molecule has 1 atom stereocenters. The Morgan fingerprint density at radius 3 is 2.87 bits per heavy atom. The Labute approximate surface area is 101 Å². The number of halogens is 2. The first-order valence-electron chi connectivity index (χ1n) is 4.86. The van der Waals surface area contributed by atoms with Gasteiger partial charge in [-0.3, -0.25) is 0 Å². The molecule has 1 aromatic rings. The molecule has 0 radical (unpaired) electrons. The van der Waals surface area contributed by atoms with Gasteiger partial charge in [-0.15, -0.1) is 12.4 Å². The summed E-state index contributed by atoms with van der Waals surface area (Å²) >= 11 is 6.18. The van der Waals surface area contributed by atoms with Crippen LogP contribution in [0.2, 0.25) is 5.02 Å². The van der Waals surface area contributed by atoms with Crippen molar-refractivity contribution in [3.8, 4) is 5.75 Å². The zero-order chi connectivity index (χ0) is 9.97. The normalized spacial score (nSPS) is 19.7. The molecular formula is C11H15Cl2NO. The number of methoxy groups -OCH3 is 1. The van der Waals surface area contributed by atoms with Gasteiger partial charge in [0.25, 0.3) is 0 Å². The topological polar surface area (TPSA) is 21.3 Å². The summed E-state index contributed by atoms with van der Waals surface area (Å²) in [4.78, 5) is 0. The van der Waals surface area contributed by atoms with Crippen LogP contribution in [0.15, 0.2) is 18.2 Å². The Kier molecular flexibility index (Phi) is 4.71.